The van der Waals surface area contributed by atoms with Crippen LogP contribution in [0.15, 0.2) is 36.7 Å². The van der Waals surface area contributed by atoms with Crippen LogP contribution in [-0.2, 0) is 13.0 Å². The molecule has 3 rings (SSSR count). The quantitative estimate of drug-likeness (QED) is 0.775. The minimum absolute atomic E-state index is 0.438. The molecular formula is C14H15N5. The van der Waals surface area contributed by atoms with Crippen LogP contribution in [-0.4, -0.2) is 19.5 Å². The van der Waals surface area contributed by atoms with Crippen LogP contribution in [0.25, 0.3) is 11.0 Å². The molecule has 0 aliphatic rings. The summed E-state index contributed by atoms with van der Waals surface area (Å²) in [5.41, 5.74) is 8.59. The molecule has 5 nitrogen and oxygen atoms in total. The maximum Gasteiger partial charge on any atom is 0.141 e. The molecule has 96 valence electrons. The highest BCUT2D eigenvalue weighted by Gasteiger charge is 2.10. The molecule has 0 saturated carbocycles. The highest BCUT2D eigenvalue weighted by molar-refractivity contribution is 5.75. The maximum atomic E-state index is 5.54. The molecule has 0 radical (unpaired) electrons. The molecule has 0 amide bonds. The van der Waals surface area contributed by atoms with Crippen molar-refractivity contribution in [3.05, 3.63) is 48.2 Å². The number of anilines is 1. The molecule has 0 atom stereocenters. The van der Waals surface area contributed by atoms with Crippen LogP contribution in [0.3, 0.4) is 0 Å². The van der Waals surface area contributed by atoms with Crippen molar-refractivity contribution < 1.29 is 0 Å². The zero-order chi connectivity index (χ0) is 13.2. The lowest BCUT2D eigenvalue weighted by molar-refractivity contribution is 0.728. The van der Waals surface area contributed by atoms with Crippen molar-refractivity contribution in [1.82, 2.24) is 19.5 Å². The van der Waals surface area contributed by atoms with Gasteiger partial charge in [0.1, 0.15) is 11.6 Å². The average molecular weight is 253 g/mol. The maximum absolute atomic E-state index is 5.54. The van der Waals surface area contributed by atoms with Crippen LogP contribution >= 0.6 is 0 Å². The van der Waals surface area contributed by atoms with Gasteiger partial charge in [0.05, 0.1) is 29.1 Å². The largest absolute Gasteiger partial charge is 0.382 e. The van der Waals surface area contributed by atoms with E-state index < -0.39 is 0 Å². The first-order chi connectivity index (χ1) is 9.28. The monoisotopic (exact) mass is 253 g/mol. The first kappa shape index (κ1) is 11.6. The van der Waals surface area contributed by atoms with Crippen molar-refractivity contribution in [2.45, 2.75) is 19.9 Å². The van der Waals surface area contributed by atoms with Crippen LogP contribution in [0.4, 0.5) is 5.82 Å². The normalized spacial score (nSPS) is 11.0. The van der Waals surface area contributed by atoms with Gasteiger partial charge in [-0.1, -0.05) is 12.1 Å². The molecule has 0 bridgehead atoms. The van der Waals surface area contributed by atoms with E-state index in [4.69, 9.17) is 5.73 Å². The number of nitrogens with zero attached hydrogens (tertiary/aromatic N) is 4. The van der Waals surface area contributed by atoms with E-state index in [9.17, 15) is 0 Å². The summed E-state index contributed by atoms with van der Waals surface area (Å²) in [4.78, 5) is 13.0. The molecule has 0 fully saturated rings. The average Bonchev–Trinajstić information content (AvgIpc) is 2.78. The highest BCUT2D eigenvalue weighted by atomic mass is 15.1. The van der Waals surface area contributed by atoms with Gasteiger partial charge < -0.3 is 10.3 Å². The summed E-state index contributed by atoms with van der Waals surface area (Å²) in [5.74, 6) is 1.44. The molecule has 2 heterocycles. The summed E-state index contributed by atoms with van der Waals surface area (Å²) in [6, 6.07) is 8.15. The fourth-order valence-electron chi connectivity index (χ4n) is 2.23. The lowest BCUT2D eigenvalue weighted by Gasteiger charge is -2.05. The number of nitrogen functional groups attached to an aromatic ring is 1. The first-order valence-electron chi connectivity index (χ1n) is 6.28. The number of fused-ring (bicyclic) bond motifs is 1. The van der Waals surface area contributed by atoms with Gasteiger partial charge in [-0.25, -0.2) is 9.97 Å². The fourth-order valence-corrected chi connectivity index (χ4v) is 2.23. The second-order valence-electron chi connectivity index (χ2n) is 4.37. The van der Waals surface area contributed by atoms with E-state index >= 15 is 0 Å². The Hall–Kier alpha value is -2.43. The Bertz CT molecular complexity index is 699. The SMILES string of the molecule is CCn1c(Cc2cnc(N)cn2)nc2ccccc21. The van der Waals surface area contributed by atoms with Crippen LogP contribution in [0.2, 0.25) is 0 Å². The fraction of sp³-hybridized carbons (Fsp3) is 0.214. The molecule has 19 heavy (non-hydrogen) atoms. The summed E-state index contributed by atoms with van der Waals surface area (Å²) < 4.78 is 2.20. The van der Waals surface area contributed by atoms with Crippen molar-refractivity contribution in [2.24, 2.45) is 0 Å². The zero-order valence-corrected chi connectivity index (χ0v) is 10.7. The number of aromatic nitrogens is 4. The molecule has 0 unspecified atom stereocenters. The number of hydrogen-bond acceptors (Lipinski definition) is 4. The molecule has 5 heteroatoms. The number of nitrogens with two attached hydrogens (primary N) is 1. The third-order valence-electron chi connectivity index (χ3n) is 3.11. The molecule has 2 N–H and O–H groups in total. The van der Waals surface area contributed by atoms with Crippen LogP contribution < -0.4 is 5.73 Å². The van der Waals surface area contributed by atoms with Crippen molar-refractivity contribution in [3.63, 3.8) is 0 Å². The van der Waals surface area contributed by atoms with Gasteiger partial charge in [-0.15, -0.1) is 0 Å². The van der Waals surface area contributed by atoms with Gasteiger partial charge in [-0.05, 0) is 19.1 Å². The van der Waals surface area contributed by atoms with E-state index in [2.05, 4.69) is 32.5 Å². The topological polar surface area (TPSA) is 69.6 Å². The number of hydrogen-bond donors (Lipinski definition) is 1. The van der Waals surface area contributed by atoms with Gasteiger partial charge in [-0.3, -0.25) is 4.98 Å². The lowest BCUT2D eigenvalue weighted by atomic mass is 10.3. The number of imidazole rings is 1. The third-order valence-corrected chi connectivity index (χ3v) is 3.11. The zero-order valence-electron chi connectivity index (χ0n) is 10.7. The molecular weight excluding hydrogens is 238 g/mol. The number of benzene rings is 1. The molecule has 0 aliphatic carbocycles. The Kier molecular flexibility index (Phi) is 2.87. The summed E-state index contributed by atoms with van der Waals surface area (Å²) in [6.45, 7) is 3.00. The molecule has 0 aliphatic heterocycles. The second-order valence-corrected chi connectivity index (χ2v) is 4.37. The van der Waals surface area contributed by atoms with Crippen molar-refractivity contribution in [1.29, 1.82) is 0 Å². The highest BCUT2D eigenvalue weighted by Crippen LogP contribution is 2.17. The van der Waals surface area contributed by atoms with Gasteiger partial charge in [0, 0.05) is 13.0 Å². The summed E-state index contributed by atoms with van der Waals surface area (Å²) in [5, 5.41) is 0. The van der Waals surface area contributed by atoms with Gasteiger partial charge in [0.25, 0.3) is 0 Å². The predicted molar refractivity (Wildman–Crippen MR) is 74.7 cm³/mol. The Labute approximate surface area is 111 Å². The van der Waals surface area contributed by atoms with Gasteiger partial charge in [0.2, 0.25) is 0 Å². The van der Waals surface area contributed by atoms with Gasteiger partial charge in [-0.2, -0.15) is 0 Å². The van der Waals surface area contributed by atoms with Crippen LogP contribution in [0, 0.1) is 0 Å². The standard InChI is InChI=1S/C14H15N5/c1-2-19-12-6-4-3-5-11(12)18-14(19)7-10-8-17-13(15)9-16-10/h3-6,8-9H,2,7H2,1H3,(H2,15,17). The number of aryl methyl sites for hydroxylation is 1. The van der Waals surface area contributed by atoms with Crippen molar-refractivity contribution in [3.8, 4) is 0 Å². The minimum atomic E-state index is 0.438. The van der Waals surface area contributed by atoms with Crippen molar-refractivity contribution in [2.75, 3.05) is 5.73 Å². The summed E-state index contributed by atoms with van der Waals surface area (Å²) >= 11 is 0. The smallest absolute Gasteiger partial charge is 0.141 e. The third kappa shape index (κ3) is 2.14. The van der Waals surface area contributed by atoms with Gasteiger partial charge >= 0.3 is 0 Å². The Morgan fingerprint density at radius 2 is 2.00 bits per heavy atom. The van der Waals surface area contributed by atoms with Crippen LogP contribution in [0.5, 0.6) is 0 Å². The van der Waals surface area contributed by atoms with E-state index in [0.717, 1.165) is 29.1 Å². The summed E-state index contributed by atoms with van der Waals surface area (Å²) in [6.07, 6.45) is 3.94. The predicted octanol–water partition coefficient (Wildman–Crippen LogP) is 2.02. The lowest BCUT2D eigenvalue weighted by Crippen LogP contribution is -2.04. The van der Waals surface area contributed by atoms with E-state index in [1.165, 1.54) is 0 Å². The Morgan fingerprint density at radius 1 is 1.16 bits per heavy atom. The Balaban J connectivity index is 2.02. The Morgan fingerprint density at radius 3 is 2.74 bits per heavy atom. The second kappa shape index (κ2) is 4.68. The van der Waals surface area contributed by atoms with E-state index in [1.807, 2.05) is 18.2 Å². The molecule has 1 aromatic carbocycles. The number of para-hydroxylation sites is 2. The number of rotatable bonds is 3. The first-order valence-corrected chi connectivity index (χ1v) is 6.28. The van der Waals surface area contributed by atoms with E-state index in [0.29, 0.717) is 12.2 Å². The van der Waals surface area contributed by atoms with Gasteiger partial charge in [0.15, 0.2) is 0 Å². The molecule has 3 aromatic rings. The molecule has 0 saturated heterocycles. The van der Waals surface area contributed by atoms with E-state index in [-0.39, 0.29) is 0 Å². The van der Waals surface area contributed by atoms with Crippen molar-refractivity contribution >= 4 is 16.9 Å². The molecule has 2 aromatic heterocycles. The molecule has 0 spiro atoms. The van der Waals surface area contributed by atoms with Crippen LogP contribution in [0.1, 0.15) is 18.4 Å². The van der Waals surface area contributed by atoms with E-state index in [1.54, 1.807) is 12.4 Å². The summed E-state index contributed by atoms with van der Waals surface area (Å²) in [7, 11) is 0. The minimum Gasteiger partial charge on any atom is -0.382 e.